The van der Waals surface area contributed by atoms with E-state index >= 15 is 0 Å². The van der Waals surface area contributed by atoms with E-state index in [-0.39, 0.29) is 0 Å². The molecule has 0 radical (unpaired) electrons. The number of rotatable bonds is 5. The number of hydrazine groups is 1. The van der Waals surface area contributed by atoms with E-state index < -0.39 is 0 Å². The van der Waals surface area contributed by atoms with Crippen molar-refractivity contribution in [1.29, 1.82) is 0 Å². The molecule has 0 bridgehead atoms. The lowest BCUT2D eigenvalue weighted by Gasteiger charge is -2.29. The highest BCUT2D eigenvalue weighted by atomic mass is 16.5. The molecule has 1 aromatic carbocycles. The molecule has 0 aliphatic carbocycles. The first-order valence-corrected chi connectivity index (χ1v) is 8.33. The molecular formula is C17H25N7O. The Kier molecular flexibility index (Phi) is 5.20. The average molecular weight is 343 g/mol. The van der Waals surface area contributed by atoms with Crippen molar-refractivity contribution in [3.63, 3.8) is 0 Å². The Labute approximate surface area is 147 Å². The fourth-order valence-corrected chi connectivity index (χ4v) is 2.85. The van der Waals surface area contributed by atoms with Crippen molar-refractivity contribution in [3.8, 4) is 5.75 Å². The minimum Gasteiger partial charge on any atom is -0.497 e. The maximum Gasteiger partial charge on any atom is 0.225 e. The van der Waals surface area contributed by atoms with Crippen LogP contribution < -0.4 is 26.6 Å². The number of hydrogen-bond donors (Lipinski definition) is 3. The lowest BCUT2D eigenvalue weighted by atomic mass is 10.1. The Morgan fingerprint density at radius 3 is 2.56 bits per heavy atom. The monoisotopic (exact) mass is 343 g/mol. The number of nitrogens with zero attached hydrogens (tertiary/aromatic N) is 4. The van der Waals surface area contributed by atoms with Crippen molar-refractivity contribution >= 4 is 23.1 Å². The molecule has 1 aromatic heterocycles. The fraction of sp³-hybridized carbons (Fsp3) is 0.412. The summed E-state index contributed by atoms with van der Waals surface area (Å²) in [5.74, 6) is 7.99. The largest absolute Gasteiger partial charge is 0.497 e. The van der Waals surface area contributed by atoms with Crippen LogP contribution in [-0.2, 0) is 0 Å². The van der Waals surface area contributed by atoms with Crippen LogP contribution in [0.25, 0.3) is 0 Å². The van der Waals surface area contributed by atoms with Gasteiger partial charge in [0.15, 0.2) is 5.82 Å². The van der Waals surface area contributed by atoms with E-state index in [0.717, 1.165) is 37.4 Å². The Morgan fingerprint density at radius 1 is 1.24 bits per heavy atom. The maximum atomic E-state index is 6.22. The SMILES string of the molecule is COc1ccc(N(N)c2nc(NC3CCN(C)CC3)ncc2N)cc1. The average Bonchev–Trinajstić information content (AvgIpc) is 2.64. The molecule has 8 heteroatoms. The molecule has 3 rings (SSSR count). The summed E-state index contributed by atoms with van der Waals surface area (Å²) in [6.45, 7) is 2.13. The maximum absolute atomic E-state index is 6.22. The third kappa shape index (κ3) is 4.09. The van der Waals surface area contributed by atoms with E-state index in [1.807, 2.05) is 24.3 Å². The van der Waals surface area contributed by atoms with Crippen LogP contribution in [-0.4, -0.2) is 48.2 Å². The third-order valence-electron chi connectivity index (χ3n) is 4.43. The second kappa shape index (κ2) is 7.54. The Hall–Kier alpha value is -2.58. The molecule has 0 saturated carbocycles. The first-order valence-electron chi connectivity index (χ1n) is 8.33. The van der Waals surface area contributed by atoms with Gasteiger partial charge in [0.25, 0.3) is 0 Å². The molecule has 25 heavy (non-hydrogen) atoms. The van der Waals surface area contributed by atoms with Crippen LogP contribution in [0.15, 0.2) is 30.5 Å². The minimum absolute atomic E-state index is 0.361. The van der Waals surface area contributed by atoms with Crippen LogP contribution in [0, 0.1) is 0 Å². The molecule has 1 aliphatic heterocycles. The zero-order chi connectivity index (χ0) is 17.8. The lowest BCUT2D eigenvalue weighted by Crippen LogP contribution is -2.37. The molecule has 5 N–H and O–H groups in total. The van der Waals surface area contributed by atoms with Crippen molar-refractivity contribution in [2.75, 3.05) is 43.3 Å². The van der Waals surface area contributed by atoms with E-state index in [1.54, 1.807) is 13.3 Å². The number of piperidine rings is 1. The predicted molar refractivity (Wildman–Crippen MR) is 99.9 cm³/mol. The zero-order valence-electron chi connectivity index (χ0n) is 14.6. The van der Waals surface area contributed by atoms with Gasteiger partial charge in [-0.3, -0.25) is 5.01 Å². The van der Waals surface area contributed by atoms with E-state index in [4.69, 9.17) is 16.3 Å². The summed E-state index contributed by atoms with van der Waals surface area (Å²) in [4.78, 5) is 11.1. The number of likely N-dealkylation sites (tertiary alicyclic amines) is 1. The molecule has 1 fully saturated rings. The number of methoxy groups -OCH3 is 1. The highest BCUT2D eigenvalue weighted by Gasteiger charge is 2.18. The number of aromatic nitrogens is 2. The summed E-state index contributed by atoms with van der Waals surface area (Å²) >= 11 is 0. The van der Waals surface area contributed by atoms with Gasteiger partial charge in [0.1, 0.15) is 5.75 Å². The quantitative estimate of drug-likeness (QED) is 0.555. The molecule has 0 atom stereocenters. The molecular weight excluding hydrogens is 318 g/mol. The summed E-state index contributed by atoms with van der Waals surface area (Å²) in [5.41, 5.74) is 7.21. The first kappa shape index (κ1) is 17.2. The highest BCUT2D eigenvalue weighted by molar-refractivity contribution is 5.70. The van der Waals surface area contributed by atoms with Crippen molar-refractivity contribution in [2.24, 2.45) is 5.84 Å². The van der Waals surface area contributed by atoms with Gasteiger partial charge < -0.3 is 20.7 Å². The summed E-state index contributed by atoms with van der Waals surface area (Å²) < 4.78 is 5.17. The van der Waals surface area contributed by atoms with Crippen LogP contribution in [0.1, 0.15) is 12.8 Å². The highest BCUT2D eigenvalue weighted by Crippen LogP contribution is 2.27. The molecule has 2 heterocycles. The summed E-state index contributed by atoms with van der Waals surface area (Å²) in [5, 5.41) is 4.84. The van der Waals surface area contributed by atoms with Gasteiger partial charge in [-0.2, -0.15) is 4.98 Å². The number of nitrogens with two attached hydrogens (primary N) is 2. The molecule has 0 spiro atoms. The summed E-state index contributed by atoms with van der Waals surface area (Å²) in [6.07, 6.45) is 3.71. The number of hydrogen-bond acceptors (Lipinski definition) is 8. The Morgan fingerprint density at radius 2 is 1.92 bits per heavy atom. The van der Waals surface area contributed by atoms with Crippen LogP contribution in [0.4, 0.5) is 23.1 Å². The molecule has 1 aliphatic rings. The molecule has 1 saturated heterocycles. The van der Waals surface area contributed by atoms with Crippen LogP contribution in [0.5, 0.6) is 5.75 Å². The molecule has 0 unspecified atom stereocenters. The number of ether oxygens (including phenoxy) is 1. The second-order valence-corrected chi connectivity index (χ2v) is 6.26. The lowest BCUT2D eigenvalue weighted by molar-refractivity contribution is 0.263. The van der Waals surface area contributed by atoms with Gasteiger partial charge >= 0.3 is 0 Å². The molecule has 8 nitrogen and oxygen atoms in total. The van der Waals surface area contributed by atoms with Crippen LogP contribution in [0.3, 0.4) is 0 Å². The number of anilines is 4. The van der Waals surface area contributed by atoms with Gasteiger partial charge in [0.2, 0.25) is 5.95 Å². The number of nitrogens with one attached hydrogen (secondary N) is 1. The van der Waals surface area contributed by atoms with Gasteiger partial charge in [-0.05, 0) is 57.2 Å². The van der Waals surface area contributed by atoms with Crippen molar-refractivity contribution < 1.29 is 4.74 Å². The van der Waals surface area contributed by atoms with E-state index in [0.29, 0.717) is 23.5 Å². The molecule has 134 valence electrons. The Balaban J connectivity index is 1.76. The van der Waals surface area contributed by atoms with Crippen molar-refractivity contribution in [1.82, 2.24) is 14.9 Å². The smallest absolute Gasteiger partial charge is 0.225 e. The van der Waals surface area contributed by atoms with Gasteiger partial charge in [-0.15, -0.1) is 0 Å². The van der Waals surface area contributed by atoms with Gasteiger partial charge in [-0.1, -0.05) is 0 Å². The van der Waals surface area contributed by atoms with Gasteiger partial charge in [0, 0.05) is 6.04 Å². The Bertz CT molecular complexity index is 699. The van der Waals surface area contributed by atoms with Crippen molar-refractivity contribution in [2.45, 2.75) is 18.9 Å². The van der Waals surface area contributed by atoms with E-state index in [2.05, 4.69) is 27.2 Å². The summed E-state index contributed by atoms with van der Waals surface area (Å²) in [6, 6.07) is 7.74. The van der Waals surface area contributed by atoms with Crippen molar-refractivity contribution in [3.05, 3.63) is 30.5 Å². The number of benzene rings is 1. The normalized spacial score (nSPS) is 15.8. The van der Waals surface area contributed by atoms with Crippen LogP contribution >= 0.6 is 0 Å². The second-order valence-electron chi connectivity index (χ2n) is 6.26. The zero-order valence-corrected chi connectivity index (χ0v) is 14.6. The van der Waals surface area contributed by atoms with Gasteiger partial charge in [-0.25, -0.2) is 10.8 Å². The first-order chi connectivity index (χ1) is 12.1. The van der Waals surface area contributed by atoms with Crippen LogP contribution in [0.2, 0.25) is 0 Å². The fourth-order valence-electron chi connectivity index (χ4n) is 2.85. The predicted octanol–water partition coefficient (Wildman–Crippen LogP) is 1.59. The molecule has 0 amide bonds. The van der Waals surface area contributed by atoms with E-state index in [9.17, 15) is 0 Å². The standard InChI is InChI=1S/C17H25N7O/c1-23-9-7-12(8-10-23)21-17-20-11-15(18)16(22-17)24(19)13-3-5-14(25-2)6-4-13/h3-6,11-12H,7-10,18-19H2,1-2H3,(H,20,21,22). The number of nitrogen functional groups attached to an aromatic ring is 1. The van der Waals surface area contributed by atoms with Gasteiger partial charge in [0.05, 0.1) is 24.7 Å². The molecule has 2 aromatic rings. The topological polar surface area (TPSA) is 106 Å². The minimum atomic E-state index is 0.361. The summed E-state index contributed by atoms with van der Waals surface area (Å²) in [7, 11) is 3.76. The third-order valence-corrected chi connectivity index (χ3v) is 4.43. The van der Waals surface area contributed by atoms with E-state index in [1.165, 1.54) is 5.01 Å².